The van der Waals surface area contributed by atoms with Gasteiger partial charge in [-0.2, -0.15) is 0 Å². The Morgan fingerprint density at radius 2 is 1.61 bits per heavy atom. The van der Waals surface area contributed by atoms with Gasteiger partial charge in [0, 0.05) is 6.54 Å². The van der Waals surface area contributed by atoms with Crippen molar-refractivity contribution < 1.29 is 9.53 Å². The number of rotatable bonds is 7. The first-order valence-electron chi connectivity index (χ1n) is 8.21. The van der Waals surface area contributed by atoms with Crippen molar-refractivity contribution in [2.45, 2.75) is 46.3 Å². The quantitative estimate of drug-likeness (QED) is 0.838. The van der Waals surface area contributed by atoms with Crippen LogP contribution < -0.4 is 10.1 Å². The SMILES string of the molecule is CCc1ccc(O[C@H](CC)C(=O)NCc2ccc(C)cc2)cc1. The van der Waals surface area contributed by atoms with Crippen molar-refractivity contribution in [3.8, 4) is 5.75 Å². The van der Waals surface area contributed by atoms with Crippen molar-refractivity contribution in [3.05, 3.63) is 65.2 Å². The molecule has 122 valence electrons. The normalized spacial score (nSPS) is 11.8. The number of hydrogen-bond donors (Lipinski definition) is 1. The predicted octanol–water partition coefficient (Wildman–Crippen LogP) is 4.03. The van der Waals surface area contributed by atoms with E-state index in [4.69, 9.17) is 4.74 Å². The van der Waals surface area contributed by atoms with Crippen molar-refractivity contribution in [2.24, 2.45) is 0 Å². The van der Waals surface area contributed by atoms with Crippen LogP contribution in [-0.2, 0) is 17.8 Å². The highest BCUT2D eigenvalue weighted by Gasteiger charge is 2.17. The zero-order valence-corrected chi connectivity index (χ0v) is 14.1. The van der Waals surface area contributed by atoms with Crippen molar-refractivity contribution in [1.82, 2.24) is 5.32 Å². The molecule has 2 aromatic rings. The minimum Gasteiger partial charge on any atom is -0.481 e. The number of ether oxygens (including phenoxy) is 1. The maximum Gasteiger partial charge on any atom is 0.261 e. The third kappa shape index (κ3) is 5.13. The molecular weight excluding hydrogens is 286 g/mol. The minimum atomic E-state index is -0.465. The van der Waals surface area contributed by atoms with Crippen LogP contribution in [0.2, 0.25) is 0 Å². The minimum absolute atomic E-state index is 0.0763. The second-order valence-corrected chi connectivity index (χ2v) is 5.72. The molecule has 0 unspecified atom stereocenters. The molecular formula is C20H25NO2. The highest BCUT2D eigenvalue weighted by molar-refractivity contribution is 5.81. The van der Waals surface area contributed by atoms with Crippen LogP contribution in [0, 0.1) is 6.92 Å². The fourth-order valence-electron chi connectivity index (χ4n) is 2.30. The molecule has 3 nitrogen and oxygen atoms in total. The molecule has 0 bridgehead atoms. The van der Waals surface area contributed by atoms with Gasteiger partial charge in [0.05, 0.1) is 0 Å². The summed E-state index contributed by atoms with van der Waals surface area (Å²) in [6.07, 6.45) is 1.16. The average molecular weight is 311 g/mol. The summed E-state index contributed by atoms with van der Waals surface area (Å²) in [5.41, 5.74) is 3.56. The lowest BCUT2D eigenvalue weighted by Gasteiger charge is -2.17. The number of carbonyl (C=O) groups is 1. The van der Waals surface area contributed by atoms with Gasteiger partial charge in [-0.1, -0.05) is 55.8 Å². The van der Waals surface area contributed by atoms with Gasteiger partial charge in [-0.15, -0.1) is 0 Å². The molecule has 0 radical (unpaired) electrons. The largest absolute Gasteiger partial charge is 0.481 e. The second kappa shape index (κ2) is 8.37. The van der Waals surface area contributed by atoms with Gasteiger partial charge >= 0.3 is 0 Å². The molecule has 0 heterocycles. The maximum atomic E-state index is 12.3. The highest BCUT2D eigenvalue weighted by atomic mass is 16.5. The fourth-order valence-corrected chi connectivity index (χ4v) is 2.30. The third-order valence-electron chi connectivity index (χ3n) is 3.86. The van der Waals surface area contributed by atoms with Crippen LogP contribution in [-0.4, -0.2) is 12.0 Å². The van der Waals surface area contributed by atoms with Crippen LogP contribution in [0.1, 0.15) is 37.0 Å². The lowest BCUT2D eigenvalue weighted by atomic mass is 10.1. The Hall–Kier alpha value is -2.29. The van der Waals surface area contributed by atoms with Crippen LogP contribution in [0.25, 0.3) is 0 Å². The second-order valence-electron chi connectivity index (χ2n) is 5.72. The summed E-state index contributed by atoms with van der Waals surface area (Å²) in [6.45, 7) is 6.64. The van der Waals surface area contributed by atoms with E-state index in [0.717, 1.165) is 17.7 Å². The van der Waals surface area contributed by atoms with Crippen molar-refractivity contribution in [1.29, 1.82) is 0 Å². The maximum absolute atomic E-state index is 12.3. The van der Waals surface area contributed by atoms with Crippen molar-refractivity contribution in [2.75, 3.05) is 0 Å². The molecule has 23 heavy (non-hydrogen) atoms. The molecule has 0 fully saturated rings. The van der Waals surface area contributed by atoms with Gasteiger partial charge in [0.25, 0.3) is 5.91 Å². The van der Waals surface area contributed by atoms with Gasteiger partial charge in [0.1, 0.15) is 5.75 Å². The van der Waals surface area contributed by atoms with Gasteiger partial charge in [-0.25, -0.2) is 0 Å². The first-order chi connectivity index (χ1) is 11.1. The van der Waals surface area contributed by atoms with Crippen molar-refractivity contribution in [3.63, 3.8) is 0 Å². The summed E-state index contributed by atoms with van der Waals surface area (Å²) in [7, 11) is 0. The molecule has 1 N–H and O–H groups in total. The number of aryl methyl sites for hydroxylation is 2. The Kier molecular flexibility index (Phi) is 6.21. The molecule has 0 aliphatic carbocycles. The summed E-state index contributed by atoms with van der Waals surface area (Å²) in [5.74, 6) is 0.659. The molecule has 0 aliphatic rings. The van der Waals surface area contributed by atoms with Gasteiger partial charge in [-0.3, -0.25) is 4.79 Å². The molecule has 0 saturated heterocycles. The number of hydrogen-bond acceptors (Lipinski definition) is 2. The Bertz CT molecular complexity index is 617. The van der Waals surface area contributed by atoms with Gasteiger partial charge in [0.2, 0.25) is 0 Å². The summed E-state index contributed by atoms with van der Waals surface area (Å²) >= 11 is 0. The van der Waals surface area contributed by atoms with Gasteiger partial charge < -0.3 is 10.1 Å². The average Bonchev–Trinajstić information content (AvgIpc) is 2.59. The van der Waals surface area contributed by atoms with E-state index in [0.29, 0.717) is 13.0 Å². The first-order valence-corrected chi connectivity index (χ1v) is 8.21. The van der Waals surface area contributed by atoms with E-state index in [1.165, 1.54) is 11.1 Å². The summed E-state index contributed by atoms with van der Waals surface area (Å²) in [6, 6.07) is 16.1. The smallest absolute Gasteiger partial charge is 0.261 e. The lowest BCUT2D eigenvalue weighted by Crippen LogP contribution is -2.37. The lowest BCUT2D eigenvalue weighted by molar-refractivity contribution is -0.128. The van der Waals surface area contributed by atoms with Crippen LogP contribution >= 0.6 is 0 Å². The number of benzene rings is 2. The monoisotopic (exact) mass is 311 g/mol. The molecule has 0 spiro atoms. The Labute approximate surface area is 138 Å². The van der Waals surface area contributed by atoms with E-state index in [2.05, 4.69) is 12.2 Å². The zero-order valence-electron chi connectivity index (χ0n) is 14.1. The predicted molar refractivity (Wildman–Crippen MR) is 93.6 cm³/mol. The molecule has 1 amide bonds. The Morgan fingerprint density at radius 1 is 1.00 bits per heavy atom. The number of nitrogens with one attached hydrogen (secondary N) is 1. The standard InChI is InChI=1S/C20H25NO2/c1-4-16-10-12-18(13-11-16)23-19(5-2)20(22)21-14-17-8-6-15(3)7-9-17/h6-13,19H,4-5,14H2,1-3H3,(H,21,22)/t19-/m1/s1. The van der Waals surface area contributed by atoms with Crippen LogP contribution in [0.5, 0.6) is 5.75 Å². The van der Waals surface area contributed by atoms with Gasteiger partial charge in [-0.05, 0) is 43.0 Å². The number of carbonyl (C=O) groups excluding carboxylic acids is 1. The summed E-state index contributed by atoms with van der Waals surface area (Å²) in [5, 5.41) is 2.95. The summed E-state index contributed by atoms with van der Waals surface area (Å²) in [4.78, 5) is 12.3. The molecule has 0 aliphatic heterocycles. The Morgan fingerprint density at radius 3 is 2.17 bits per heavy atom. The van der Waals surface area contributed by atoms with E-state index in [9.17, 15) is 4.79 Å². The topological polar surface area (TPSA) is 38.3 Å². The van der Waals surface area contributed by atoms with Gasteiger partial charge in [0.15, 0.2) is 6.10 Å². The molecule has 0 aromatic heterocycles. The zero-order chi connectivity index (χ0) is 16.7. The molecule has 2 aromatic carbocycles. The third-order valence-corrected chi connectivity index (χ3v) is 3.86. The molecule has 0 saturated carbocycles. The fraction of sp³-hybridized carbons (Fsp3) is 0.350. The highest BCUT2D eigenvalue weighted by Crippen LogP contribution is 2.15. The van der Waals surface area contributed by atoms with E-state index in [1.807, 2.05) is 62.4 Å². The van der Waals surface area contributed by atoms with Crippen LogP contribution in [0.3, 0.4) is 0 Å². The van der Waals surface area contributed by atoms with Crippen LogP contribution in [0.4, 0.5) is 0 Å². The number of amides is 1. The molecule has 1 atom stereocenters. The van der Waals surface area contributed by atoms with E-state index in [-0.39, 0.29) is 5.91 Å². The Balaban J connectivity index is 1.90. The molecule has 2 rings (SSSR count). The summed E-state index contributed by atoms with van der Waals surface area (Å²) < 4.78 is 5.82. The van der Waals surface area contributed by atoms with Crippen molar-refractivity contribution >= 4 is 5.91 Å². The first kappa shape index (κ1) is 17.1. The van der Waals surface area contributed by atoms with E-state index < -0.39 is 6.10 Å². The van der Waals surface area contributed by atoms with E-state index >= 15 is 0 Å². The van der Waals surface area contributed by atoms with Crippen LogP contribution in [0.15, 0.2) is 48.5 Å². The van der Waals surface area contributed by atoms with E-state index in [1.54, 1.807) is 0 Å². The molecule has 3 heteroatoms.